The molecule has 0 bridgehead atoms. The number of hydrogen-bond donors (Lipinski definition) is 1. The third kappa shape index (κ3) is 4.70. The summed E-state index contributed by atoms with van der Waals surface area (Å²) in [4.78, 5) is 19.9. The molecule has 2 aliphatic heterocycles. The van der Waals surface area contributed by atoms with Gasteiger partial charge < -0.3 is 19.7 Å². The molecule has 6 nitrogen and oxygen atoms in total. The summed E-state index contributed by atoms with van der Waals surface area (Å²) < 4.78 is 83.0. The summed E-state index contributed by atoms with van der Waals surface area (Å²) in [7, 11) is 3.12. The van der Waals surface area contributed by atoms with Crippen molar-refractivity contribution in [3.63, 3.8) is 0 Å². The Balaban J connectivity index is 1.64. The Kier molecular flexibility index (Phi) is 6.83. The molecule has 0 radical (unpaired) electrons. The highest BCUT2D eigenvalue weighted by Gasteiger charge is 2.63. The normalized spacial score (nSPS) is 23.9. The average Bonchev–Trinajstić information content (AvgIpc) is 3.25. The number of aliphatic hydroxyl groups excluding tert-OH is 1. The molecule has 37 heavy (non-hydrogen) atoms. The molecule has 1 saturated heterocycles. The number of urea groups is 1. The molecule has 2 aliphatic rings. The zero-order valence-electron chi connectivity index (χ0n) is 19.2. The maximum atomic E-state index is 14.3. The highest BCUT2D eigenvalue weighted by molar-refractivity contribution is 6.42. The lowest BCUT2D eigenvalue weighted by molar-refractivity contribution is -0.276. The van der Waals surface area contributed by atoms with Crippen LogP contribution in [0.1, 0.15) is 34.7 Å². The number of β-amino-alcohol motifs (C(OH)–C–C–N with tert-alkyl or cyclic N) is 1. The molecule has 0 saturated carbocycles. The zero-order chi connectivity index (χ0) is 27.5. The smallest absolute Gasteiger partial charge is 0.389 e. The summed E-state index contributed by atoms with van der Waals surface area (Å²) in [6.07, 6.45) is -12.0. The van der Waals surface area contributed by atoms with E-state index >= 15 is 0 Å². The van der Waals surface area contributed by atoms with E-state index in [4.69, 9.17) is 28.0 Å². The number of oxime groups is 1. The molecular formula is C23H19Cl2F6N3O3. The van der Waals surface area contributed by atoms with Crippen molar-refractivity contribution < 1.29 is 41.1 Å². The van der Waals surface area contributed by atoms with Gasteiger partial charge in [-0.1, -0.05) is 52.6 Å². The number of hydrogen-bond acceptors (Lipinski definition) is 4. The van der Waals surface area contributed by atoms with Crippen LogP contribution >= 0.6 is 23.2 Å². The summed E-state index contributed by atoms with van der Waals surface area (Å²) in [6, 6.07) is 5.90. The first-order valence-electron chi connectivity index (χ1n) is 10.7. The van der Waals surface area contributed by atoms with Crippen LogP contribution in [-0.2, 0) is 16.6 Å². The summed E-state index contributed by atoms with van der Waals surface area (Å²) in [6.45, 7) is 0.127. The first-order valence-corrected chi connectivity index (χ1v) is 11.5. The molecule has 3 atom stereocenters. The van der Waals surface area contributed by atoms with Crippen LogP contribution in [0.3, 0.4) is 0 Å². The number of amides is 2. The second kappa shape index (κ2) is 9.25. The van der Waals surface area contributed by atoms with Crippen LogP contribution in [0, 0.1) is 0 Å². The summed E-state index contributed by atoms with van der Waals surface area (Å²) in [5.74, 6) is 0. The van der Waals surface area contributed by atoms with Gasteiger partial charge in [0.05, 0.1) is 40.0 Å². The highest BCUT2D eigenvalue weighted by atomic mass is 35.5. The maximum absolute atomic E-state index is 14.3. The Hall–Kier alpha value is -2.70. The number of aliphatic hydroxyl groups is 1. The minimum Gasteiger partial charge on any atom is -0.389 e. The lowest BCUT2D eigenvalue weighted by atomic mass is 9.85. The third-order valence-electron chi connectivity index (χ3n) is 6.28. The number of rotatable bonds is 3. The van der Waals surface area contributed by atoms with Gasteiger partial charge in [-0.2, -0.15) is 26.3 Å². The number of benzene rings is 2. The van der Waals surface area contributed by atoms with E-state index in [1.54, 1.807) is 14.1 Å². The SMILES string of the molecule is CN(C)C(=O)N1CC(O)C1c1ccc(C2=NOC(c3cc(Cl)c(Cl)c(C(F)(F)F)c3)(C(F)(F)F)C2)cc1. The van der Waals surface area contributed by atoms with Crippen molar-refractivity contribution in [1.82, 2.24) is 9.80 Å². The van der Waals surface area contributed by atoms with Gasteiger partial charge in [0.25, 0.3) is 5.60 Å². The predicted octanol–water partition coefficient (Wildman–Crippen LogP) is 5.99. The molecular weight excluding hydrogens is 551 g/mol. The molecule has 0 aromatic heterocycles. The molecule has 1 N–H and O–H groups in total. The van der Waals surface area contributed by atoms with Gasteiger partial charge in [0.1, 0.15) is 0 Å². The molecule has 2 amide bonds. The Bertz CT molecular complexity index is 1250. The van der Waals surface area contributed by atoms with Crippen molar-refractivity contribution in [2.75, 3.05) is 20.6 Å². The molecule has 200 valence electrons. The lowest BCUT2D eigenvalue weighted by Gasteiger charge is -2.46. The monoisotopic (exact) mass is 569 g/mol. The predicted molar refractivity (Wildman–Crippen MR) is 122 cm³/mol. The Morgan fingerprint density at radius 2 is 1.76 bits per heavy atom. The number of halogens is 8. The molecule has 1 fully saturated rings. The minimum absolute atomic E-state index is 0.127. The van der Waals surface area contributed by atoms with Crippen LogP contribution in [0.15, 0.2) is 41.6 Å². The van der Waals surface area contributed by atoms with Gasteiger partial charge in [-0.3, -0.25) is 0 Å². The van der Waals surface area contributed by atoms with E-state index in [0.717, 1.165) is 0 Å². The van der Waals surface area contributed by atoms with Gasteiger partial charge in [-0.05, 0) is 23.3 Å². The lowest BCUT2D eigenvalue weighted by Crippen LogP contribution is -2.58. The van der Waals surface area contributed by atoms with Crippen LogP contribution in [0.5, 0.6) is 0 Å². The number of carbonyl (C=O) groups is 1. The van der Waals surface area contributed by atoms with E-state index in [0.29, 0.717) is 11.6 Å². The van der Waals surface area contributed by atoms with Crippen LogP contribution in [-0.4, -0.2) is 59.6 Å². The van der Waals surface area contributed by atoms with Gasteiger partial charge in [0.2, 0.25) is 0 Å². The van der Waals surface area contributed by atoms with E-state index in [2.05, 4.69) is 5.16 Å². The molecule has 0 spiro atoms. The van der Waals surface area contributed by atoms with Crippen molar-refractivity contribution in [2.45, 2.75) is 36.5 Å². The molecule has 2 aromatic carbocycles. The fourth-order valence-corrected chi connectivity index (χ4v) is 4.74. The van der Waals surface area contributed by atoms with E-state index in [1.807, 2.05) is 0 Å². The van der Waals surface area contributed by atoms with Crippen molar-refractivity contribution >= 4 is 34.9 Å². The van der Waals surface area contributed by atoms with Gasteiger partial charge >= 0.3 is 18.4 Å². The Morgan fingerprint density at radius 3 is 2.27 bits per heavy atom. The number of nitrogens with zero attached hydrogens (tertiary/aromatic N) is 3. The first kappa shape index (κ1) is 27.3. The molecule has 3 unspecified atom stereocenters. The molecule has 2 aromatic rings. The second-order valence-electron chi connectivity index (χ2n) is 8.91. The van der Waals surface area contributed by atoms with Gasteiger partial charge in [-0.15, -0.1) is 0 Å². The van der Waals surface area contributed by atoms with Crippen molar-refractivity contribution in [1.29, 1.82) is 0 Å². The van der Waals surface area contributed by atoms with E-state index in [9.17, 15) is 36.2 Å². The summed E-state index contributed by atoms with van der Waals surface area (Å²) >= 11 is 11.4. The fourth-order valence-electron chi connectivity index (χ4n) is 4.30. The standard InChI is InChI=1S/C23H19Cl2F6N3O3/c1-33(2)20(36)34-10-17(35)19(34)12-5-3-11(4-6-12)16-9-21(37-32-16,23(29,30)31)13-7-14(22(26,27)28)18(25)15(24)8-13/h3-8,17,19,35H,9-10H2,1-2H3. The van der Waals surface area contributed by atoms with Gasteiger partial charge in [0.15, 0.2) is 0 Å². The third-order valence-corrected chi connectivity index (χ3v) is 7.09. The number of carbonyl (C=O) groups excluding carboxylic acids is 1. The average molecular weight is 570 g/mol. The highest BCUT2D eigenvalue weighted by Crippen LogP contribution is 2.51. The van der Waals surface area contributed by atoms with E-state index in [1.165, 1.54) is 34.1 Å². The molecule has 4 rings (SSSR count). The van der Waals surface area contributed by atoms with E-state index < -0.39 is 57.7 Å². The molecule has 0 aliphatic carbocycles. The maximum Gasteiger partial charge on any atom is 0.435 e. The van der Waals surface area contributed by atoms with Crippen molar-refractivity contribution in [3.8, 4) is 0 Å². The first-order chi connectivity index (χ1) is 17.1. The van der Waals surface area contributed by atoms with Gasteiger partial charge in [-0.25, -0.2) is 4.79 Å². The van der Waals surface area contributed by atoms with Crippen molar-refractivity contribution in [3.05, 3.63) is 68.7 Å². The van der Waals surface area contributed by atoms with Crippen LogP contribution < -0.4 is 0 Å². The molecule has 2 heterocycles. The fraction of sp³-hybridized carbons (Fsp3) is 0.391. The summed E-state index contributed by atoms with van der Waals surface area (Å²) in [5.41, 5.74) is -5.07. The van der Waals surface area contributed by atoms with Crippen LogP contribution in [0.4, 0.5) is 31.1 Å². The van der Waals surface area contributed by atoms with Gasteiger partial charge in [0, 0.05) is 26.1 Å². The number of alkyl halides is 6. The largest absolute Gasteiger partial charge is 0.435 e. The van der Waals surface area contributed by atoms with Crippen molar-refractivity contribution in [2.24, 2.45) is 5.16 Å². The Labute approximate surface area is 217 Å². The van der Waals surface area contributed by atoms with E-state index in [-0.39, 0.29) is 29.9 Å². The number of likely N-dealkylation sites (tertiary alicyclic amines) is 1. The van der Waals surface area contributed by atoms with Crippen LogP contribution in [0.25, 0.3) is 0 Å². The summed E-state index contributed by atoms with van der Waals surface area (Å²) in [5, 5.41) is 12.1. The quantitative estimate of drug-likeness (QED) is 0.461. The second-order valence-corrected chi connectivity index (χ2v) is 9.70. The zero-order valence-corrected chi connectivity index (χ0v) is 20.7. The topological polar surface area (TPSA) is 65.4 Å². The molecule has 14 heteroatoms. The van der Waals surface area contributed by atoms with Crippen LogP contribution in [0.2, 0.25) is 10.0 Å². The minimum atomic E-state index is -5.17. The Morgan fingerprint density at radius 1 is 1.14 bits per heavy atom.